The van der Waals surface area contributed by atoms with Gasteiger partial charge in [-0.2, -0.15) is 0 Å². The van der Waals surface area contributed by atoms with Gasteiger partial charge in [0.2, 0.25) is 0 Å². The molecule has 1 N–H and O–H groups in total. The van der Waals surface area contributed by atoms with Crippen molar-refractivity contribution in [1.82, 2.24) is 4.98 Å². The van der Waals surface area contributed by atoms with E-state index in [1.165, 1.54) is 37.6 Å². The van der Waals surface area contributed by atoms with Crippen molar-refractivity contribution in [2.75, 3.05) is 12.0 Å². The third-order valence-corrected chi connectivity index (χ3v) is 4.88. The number of amides is 1. The van der Waals surface area contributed by atoms with E-state index in [0.29, 0.717) is 5.75 Å². The summed E-state index contributed by atoms with van der Waals surface area (Å²) in [6.07, 6.45) is 1.47. The molecule has 30 heavy (non-hydrogen) atoms. The average molecular weight is 404 g/mol. The molecule has 0 saturated carbocycles. The van der Waals surface area contributed by atoms with E-state index in [1.54, 1.807) is 42.5 Å². The van der Waals surface area contributed by atoms with Crippen molar-refractivity contribution in [2.45, 2.75) is 6.04 Å². The predicted octanol–water partition coefficient (Wildman–Crippen LogP) is 3.86. The van der Waals surface area contributed by atoms with Crippen molar-refractivity contribution < 1.29 is 23.8 Å². The molecule has 4 rings (SSSR count). The van der Waals surface area contributed by atoms with Crippen LogP contribution in [0.15, 0.2) is 78.5 Å². The number of halogens is 1. The van der Waals surface area contributed by atoms with E-state index in [1.807, 2.05) is 0 Å². The third kappa shape index (κ3) is 3.20. The Morgan fingerprint density at radius 2 is 1.83 bits per heavy atom. The molecule has 1 atom stereocenters. The number of aromatic nitrogens is 1. The van der Waals surface area contributed by atoms with Crippen molar-refractivity contribution >= 4 is 23.3 Å². The molecule has 1 amide bonds. The summed E-state index contributed by atoms with van der Waals surface area (Å²) in [5.41, 5.74) is 0.130. The smallest absolute Gasteiger partial charge is 0.301 e. The molecule has 6 nitrogen and oxygen atoms in total. The number of rotatable bonds is 4. The largest absolute Gasteiger partial charge is 0.507 e. The zero-order valence-electron chi connectivity index (χ0n) is 15.9. The maximum Gasteiger partial charge on any atom is 0.301 e. The number of ether oxygens (including phenoxy) is 1. The van der Waals surface area contributed by atoms with Crippen LogP contribution in [0.25, 0.3) is 5.76 Å². The van der Waals surface area contributed by atoms with Gasteiger partial charge in [-0.3, -0.25) is 14.5 Å². The van der Waals surface area contributed by atoms with Crippen LogP contribution in [0.5, 0.6) is 5.75 Å². The van der Waals surface area contributed by atoms with E-state index < -0.39 is 29.3 Å². The summed E-state index contributed by atoms with van der Waals surface area (Å²) in [6.45, 7) is 0. The molecule has 0 spiro atoms. The lowest BCUT2D eigenvalue weighted by molar-refractivity contribution is -0.132. The number of aliphatic hydroxyl groups excluding tert-OH is 1. The van der Waals surface area contributed by atoms with Crippen LogP contribution in [0.2, 0.25) is 0 Å². The van der Waals surface area contributed by atoms with E-state index in [0.717, 1.165) is 4.90 Å². The molecule has 1 unspecified atom stereocenters. The molecule has 2 aromatic carbocycles. The molecule has 1 saturated heterocycles. The van der Waals surface area contributed by atoms with Gasteiger partial charge in [0.1, 0.15) is 23.1 Å². The molecule has 1 aromatic heterocycles. The fourth-order valence-corrected chi connectivity index (χ4v) is 3.48. The van der Waals surface area contributed by atoms with Gasteiger partial charge in [-0.1, -0.05) is 36.4 Å². The first-order valence-corrected chi connectivity index (χ1v) is 9.14. The number of methoxy groups -OCH3 is 1. The number of benzene rings is 2. The Morgan fingerprint density at radius 1 is 1.07 bits per heavy atom. The summed E-state index contributed by atoms with van der Waals surface area (Å²) in [5.74, 6) is -2.21. The van der Waals surface area contributed by atoms with Crippen LogP contribution >= 0.6 is 0 Å². The normalized spacial score (nSPS) is 17.9. The van der Waals surface area contributed by atoms with Gasteiger partial charge in [-0.05, 0) is 30.3 Å². The number of nitrogens with zero attached hydrogens (tertiary/aromatic N) is 2. The lowest BCUT2D eigenvalue weighted by Gasteiger charge is -2.24. The molecule has 7 heteroatoms. The summed E-state index contributed by atoms with van der Waals surface area (Å²) in [4.78, 5) is 31.1. The van der Waals surface area contributed by atoms with Crippen molar-refractivity contribution in [3.63, 3.8) is 0 Å². The highest BCUT2D eigenvalue weighted by atomic mass is 19.1. The predicted molar refractivity (Wildman–Crippen MR) is 108 cm³/mol. The highest BCUT2D eigenvalue weighted by Gasteiger charge is 2.48. The number of Topliss-reactive ketones (excluding diaryl/α,β-unsaturated/α-hetero) is 1. The lowest BCUT2D eigenvalue weighted by atomic mass is 9.95. The van der Waals surface area contributed by atoms with E-state index in [4.69, 9.17) is 4.74 Å². The number of anilines is 1. The van der Waals surface area contributed by atoms with Gasteiger partial charge in [0, 0.05) is 17.3 Å². The molecule has 1 fully saturated rings. The maximum atomic E-state index is 14.7. The lowest BCUT2D eigenvalue weighted by Crippen LogP contribution is -2.30. The fourth-order valence-electron chi connectivity index (χ4n) is 3.48. The first-order chi connectivity index (χ1) is 14.5. The minimum absolute atomic E-state index is 0.0757. The molecule has 0 bridgehead atoms. The molecule has 1 aliphatic rings. The maximum absolute atomic E-state index is 14.7. The monoisotopic (exact) mass is 404 g/mol. The van der Waals surface area contributed by atoms with Crippen molar-refractivity contribution in [2.24, 2.45) is 0 Å². The summed E-state index contributed by atoms with van der Waals surface area (Å²) in [7, 11) is 1.47. The molecule has 1 aliphatic heterocycles. The number of ketones is 1. The van der Waals surface area contributed by atoms with Crippen molar-refractivity contribution in [3.05, 3.63) is 95.4 Å². The quantitative estimate of drug-likeness (QED) is 0.406. The minimum Gasteiger partial charge on any atom is -0.507 e. The minimum atomic E-state index is -1.17. The van der Waals surface area contributed by atoms with Crippen LogP contribution in [-0.4, -0.2) is 28.9 Å². The third-order valence-electron chi connectivity index (χ3n) is 4.88. The SMILES string of the molecule is COc1cccc(/C(O)=C2\C(=O)C(=O)N(c3ccccn3)C2c2ccccc2F)c1. The molecule has 3 aromatic rings. The molecule has 150 valence electrons. The van der Waals surface area contributed by atoms with E-state index in [-0.39, 0.29) is 22.5 Å². The van der Waals surface area contributed by atoms with Gasteiger partial charge < -0.3 is 9.84 Å². The number of hydrogen-bond acceptors (Lipinski definition) is 5. The van der Waals surface area contributed by atoms with E-state index in [9.17, 15) is 19.1 Å². The Kier molecular flexibility index (Phi) is 5.02. The highest BCUT2D eigenvalue weighted by molar-refractivity contribution is 6.51. The van der Waals surface area contributed by atoms with Crippen molar-refractivity contribution in [3.8, 4) is 5.75 Å². The van der Waals surface area contributed by atoms with Crippen LogP contribution in [0, 0.1) is 5.82 Å². The molecule has 2 heterocycles. The summed E-state index contributed by atoms with van der Waals surface area (Å²) in [5, 5.41) is 11.0. The van der Waals surface area contributed by atoms with Crippen molar-refractivity contribution in [1.29, 1.82) is 0 Å². The Bertz CT molecular complexity index is 1160. The fraction of sp³-hybridized carbons (Fsp3) is 0.0870. The van der Waals surface area contributed by atoms with Crippen LogP contribution in [0.3, 0.4) is 0 Å². The average Bonchev–Trinajstić information content (AvgIpc) is 3.04. The van der Waals surface area contributed by atoms with Gasteiger partial charge in [0.25, 0.3) is 5.78 Å². The zero-order valence-corrected chi connectivity index (χ0v) is 15.9. The Morgan fingerprint density at radius 3 is 2.53 bits per heavy atom. The van der Waals surface area contributed by atoms with E-state index >= 15 is 0 Å². The summed E-state index contributed by atoms with van der Waals surface area (Å²) in [6, 6.07) is 15.9. The van der Waals surface area contributed by atoms with Gasteiger partial charge in [0.05, 0.1) is 18.7 Å². The Balaban J connectivity index is 1.97. The first-order valence-electron chi connectivity index (χ1n) is 9.14. The van der Waals surface area contributed by atoms with Gasteiger partial charge in [0.15, 0.2) is 0 Å². The van der Waals surface area contributed by atoms with Gasteiger partial charge in [-0.25, -0.2) is 9.37 Å². The Labute approximate surface area is 171 Å². The molecule has 0 radical (unpaired) electrons. The number of aliphatic hydroxyl groups is 1. The van der Waals surface area contributed by atoms with Crippen LogP contribution in [-0.2, 0) is 9.59 Å². The first kappa shape index (κ1) is 19.3. The van der Waals surface area contributed by atoms with Crippen LogP contribution in [0.4, 0.5) is 10.2 Å². The number of pyridine rings is 1. The second-order valence-corrected chi connectivity index (χ2v) is 6.61. The highest BCUT2D eigenvalue weighted by Crippen LogP contribution is 2.42. The number of carbonyl (C=O) groups is 2. The topological polar surface area (TPSA) is 79.7 Å². The van der Waals surface area contributed by atoms with Gasteiger partial charge in [-0.15, -0.1) is 0 Å². The Hall–Kier alpha value is -4.00. The number of hydrogen-bond donors (Lipinski definition) is 1. The second-order valence-electron chi connectivity index (χ2n) is 6.61. The summed E-state index contributed by atoms with van der Waals surface area (Å²) < 4.78 is 19.9. The van der Waals surface area contributed by atoms with E-state index in [2.05, 4.69) is 4.98 Å². The summed E-state index contributed by atoms with van der Waals surface area (Å²) >= 11 is 0. The molecular formula is C23H17FN2O4. The van der Waals surface area contributed by atoms with Crippen LogP contribution in [0.1, 0.15) is 17.2 Å². The molecular weight excluding hydrogens is 387 g/mol. The zero-order chi connectivity index (χ0) is 21.3. The number of carbonyl (C=O) groups excluding carboxylic acids is 2. The standard InChI is InChI=1S/C23H17FN2O4/c1-30-15-8-6-7-14(13-15)21(27)19-20(16-9-2-3-10-17(16)24)26(23(29)22(19)28)18-11-4-5-12-25-18/h2-13,20,27H,1H3/b21-19+. The van der Waals surface area contributed by atoms with Gasteiger partial charge >= 0.3 is 5.91 Å². The second kappa shape index (κ2) is 7.79. The molecule has 0 aliphatic carbocycles. The van der Waals surface area contributed by atoms with Crippen LogP contribution < -0.4 is 9.64 Å².